The van der Waals surface area contributed by atoms with Crippen LogP contribution in [0.15, 0.2) is 6.20 Å². The summed E-state index contributed by atoms with van der Waals surface area (Å²) >= 11 is 0.967. The number of hydrogen-bond donors (Lipinski definition) is 2. The normalized spacial score (nSPS) is 14.4. The van der Waals surface area contributed by atoms with Crippen molar-refractivity contribution in [2.45, 2.75) is 32.3 Å². The van der Waals surface area contributed by atoms with Gasteiger partial charge in [0.05, 0.1) is 10.5 Å². The van der Waals surface area contributed by atoms with Crippen LogP contribution in [0.2, 0.25) is 0 Å². The second-order valence-corrected chi connectivity index (χ2v) is 4.87. The molecule has 0 aliphatic carbocycles. The quantitative estimate of drug-likeness (QED) is 0.591. The summed E-state index contributed by atoms with van der Waals surface area (Å²) in [5, 5.41) is 23.6. The molecule has 0 fully saturated rings. The summed E-state index contributed by atoms with van der Waals surface area (Å²) in [5.41, 5.74) is -0.810. The molecule has 0 aliphatic rings. The second kappa shape index (κ2) is 5.22. The van der Waals surface area contributed by atoms with Crippen molar-refractivity contribution in [3.05, 3.63) is 16.3 Å². The number of anilines is 1. The Hall–Kier alpha value is -1.21. The van der Waals surface area contributed by atoms with Crippen LogP contribution in [0.25, 0.3) is 0 Å². The zero-order valence-electron chi connectivity index (χ0n) is 9.27. The molecule has 0 spiro atoms. The third kappa shape index (κ3) is 3.74. The summed E-state index contributed by atoms with van der Waals surface area (Å²) in [7, 11) is 0. The van der Waals surface area contributed by atoms with Gasteiger partial charge in [0, 0.05) is 6.54 Å². The maximum absolute atomic E-state index is 10.4. The smallest absolute Gasteiger partial charge is 0.345 e. The largest absolute Gasteiger partial charge is 0.388 e. The first-order valence-electron chi connectivity index (χ1n) is 5.01. The van der Waals surface area contributed by atoms with Gasteiger partial charge >= 0.3 is 5.00 Å². The van der Waals surface area contributed by atoms with Crippen LogP contribution in [-0.4, -0.2) is 27.2 Å². The Kier molecular flexibility index (Phi) is 4.19. The van der Waals surface area contributed by atoms with Gasteiger partial charge in [0.15, 0.2) is 5.13 Å². The number of nitro groups is 1. The van der Waals surface area contributed by atoms with Gasteiger partial charge in [-0.1, -0.05) is 13.3 Å². The highest BCUT2D eigenvalue weighted by Gasteiger charge is 2.20. The zero-order chi connectivity index (χ0) is 12.2. The Bertz CT molecular complexity index is 365. The zero-order valence-corrected chi connectivity index (χ0v) is 10.1. The van der Waals surface area contributed by atoms with E-state index in [-0.39, 0.29) is 5.00 Å². The van der Waals surface area contributed by atoms with Gasteiger partial charge in [-0.05, 0) is 24.7 Å². The average molecular weight is 245 g/mol. The monoisotopic (exact) mass is 245 g/mol. The maximum atomic E-state index is 10.4. The number of aromatic nitrogens is 1. The topological polar surface area (TPSA) is 88.3 Å². The van der Waals surface area contributed by atoms with Crippen molar-refractivity contribution in [2.75, 3.05) is 11.9 Å². The van der Waals surface area contributed by atoms with E-state index in [0.29, 0.717) is 18.1 Å². The van der Waals surface area contributed by atoms with Gasteiger partial charge in [0.25, 0.3) is 0 Å². The molecule has 1 atom stereocenters. The molecule has 0 aromatic carbocycles. The molecule has 2 N–H and O–H groups in total. The van der Waals surface area contributed by atoms with E-state index in [1.54, 1.807) is 6.92 Å². The predicted molar refractivity (Wildman–Crippen MR) is 62.8 cm³/mol. The number of nitrogens with one attached hydrogen (secondary N) is 1. The molecule has 1 heterocycles. The van der Waals surface area contributed by atoms with Crippen LogP contribution in [-0.2, 0) is 0 Å². The fourth-order valence-electron chi connectivity index (χ4n) is 1.32. The van der Waals surface area contributed by atoms with Gasteiger partial charge in [0.1, 0.15) is 6.20 Å². The molecular formula is C9H15N3O3S. The minimum atomic E-state index is -0.810. The number of hydrogen-bond acceptors (Lipinski definition) is 6. The second-order valence-electron chi connectivity index (χ2n) is 3.86. The predicted octanol–water partition coefficient (Wildman–Crippen LogP) is 2.01. The molecule has 1 aromatic rings. The lowest BCUT2D eigenvalue weighted by Gasteiger charge is -2.22. The van der Waals surface area contributed by atoms with Crippen LogP contribution in [0.4, 0.5) is 10.1 Å². The Labute approximate surface area is 97.5 Å². The Morgan fingerprint density at radius 2 is 2.44 bits per heavy atom. The lowest BCUT2D eigenvalue weighted by atomic mass is 10.0. The molecule has 0 saturated carbocycles. The molecule has 0 radical (unpaired) electrons. The number of nitrogens with zero attached hydrogens (tertiary/aromatic N) is 2. The van der Waals surface area contributed by atoms with Crippen molar-refractivity contribution in [3.63, 3.8) is 0 Å². The fourth-order valence-corrected chi connectivity index (χ4v) is 1.95. The van der Waals surface area contributed by atoms with E-state index in [9.17, 15) is 15.2 Å². The van der Waals surface area contributed by atoms with Gasteiger partial charge in [-0.2, -0.15) is 0 Å². The third-order valence-electron chi connectivity index (χ3n) is 2.08. The summed E-state index contributed by atoms with van der Waals surface area (Å²) < 4.78 is 0. The first kappa shape index (κ1) is 12.9. The van der Waals surface area contributed by atoms with E-state index in [4.69, 9.17) is 0 Å². The Balaban J connectivity index is 2.51. The first-order chi connectivity index (χ1) is 7.44. The van der Waals surface area contributed by atoms with Crippen LogP contribution in [0, 0.1) is 10.1 Å². The summed E-state index contributed by atoms with van der Waals surface area (Å²) in [5.74, 6) is 0. The van der Waals surface area contributed by atoms with E-state index in [0.717, 1.165) is 17.8 Å². The molecular weight excluding hydrogens is 230 g/mol. The Morgan fingerprint density at radius 1 is 1.75 bits per heavy atom. The van der Waals surface area contributed by atoms with Gasteiger partial charge in [-0.25, -0.2) is 4.98 Å². The standard InChI is InChI=1S/C9H15N3O3S/c1-3-4-9(2,13)6-11-8-10-5-7(16-8)12(14)15/h5,13H,3-4,6H2,1-2H3,(H,10,11). The molecule has 0 amide bonds. The summed E-state index contributed by atoms with van der Waals surface area (Å²) in [4.78, 5) is 13.8. The molecule has 0 aliphatic heterocycles. The molecule has 0 bridgehead atoms. The van der Waals surface area contributed by atoms with Crippen molar-refractivity contribution < 1.29 is 10.0 Å². The van der Waals surface area contributed by atoms with Crippen molar-refractivity contribution in [1.29, 1.82) is 0 Å². The van der Waals surface area contributed by atoms with Crippen LogP contribution in [0.3, 0.4) is 0 Å². The lowest BCUT2D eigenvalue weighted by Crippen LogP contribution is -2.33. The summed E-state index contributed by atoms with van der Waals surface area (Å²) in [6, 6.07) is 0. The summed E-state index contributed by atoms with van der Waals surface area (Å²) in [6.07, 6.45) is 2.77. The molecule has 1 aromatic heterocycles. The molecule has 6 nitrogen and oxygen atoms in total. The van der Waals surface area contributed by atoms with Crippen LogP contribution in [0.5, 0.6) is 0 Å². The minimum absolute atomic E-state index is 0.00219. The van der Waals surface area contributed by atoms with Gasteiger partial charge in [-0.15, -0.1) is 0 Å². The van der Waals surface area contributed by atoms with Crippen LogP contribution >= 0.6 is 11.3 Å². The lowest BCUT2D eigenvalue weighted by molar-refractivity contribution is -0.380. The average Bonchev–Trinajstić information content (AvgIpc) is 2.63. The maximum Gasteiger partial charge on any atom is 0.345 e. The Morgan fingerprint density at radius 3 is 2.94 bits per heavy atom. The van der Waals surface area contributed by atoms with Crippen molar-refractivity contribution in [2.24, 2.45) is 0 Å². The van der Waals surface area contributed by atoms with E-state index in [1.807, 2.05) is 6.92 Å². The fraction of sp³-hybridized carbons (Fsp3) is 0.667. The van der Waals surface area contributed by atoms with Crippen LogP contribution < -0.4 is 5.32 Å². The molecule has 7 heteroatoms. The molecule has 16 heavy (non-hydrogen) atoms. The van der Waals surface area contributed by atoms with Gasteiger partial charge < -0.3 is 10.4 Å². The summed E-state index contributed by atoms with van der Waals surface area (Å²) in [6.45, 7) is 4.06. The van der Waals surface area contributed by atoms with E-state index in [2.05, 4.69) is 10.3 Å². The van der Waals surface area contributed by atoms with Crippen molar-refractivity contribution >= 4 is 21.5 Å². The number of aliphatic hydroxyl groups is 1. The van der Waals surface area contributed by atoms with E-state index < -0.39 is 10.5 Å². The third-order valence-corrected chi connectivity index (χ3v) is 2.99. The number of thiazole rings is 1. The molecule has 90 valence electrons. The SMILES string of the molecule is CCCC(C)(O)CNc1ncc([N+](=O)[O-])s1. The first-order valence-corrected chi connectivity index (χ1v) is 5.83. The highest BCUT2D eigenvalue weighted by atomic mass is 32.1. The van der Waals surface area contributed by atoms with Crippen LogP contribution in [0.1, 0.15) is 26.7 Å². The van der Waals surface area contributed by atoms with Gasteiger partial charge in [-0.3, -0.25) is 10.1 Å². The minimum Gasteiger partial charge on any atom is -0.388 e. The molecule has 1 unspecified atom stereocenters. The molecule has 1 rings (SSSR count). The van der Waals surface area contributed by atoms with Crippen molar-refractivity contribution in [1.82, 2.24) is 4.98 Å². The van der Waals surface area contributed by atoms with Gasteiger partial charge in [0.2, 0.25) is 0 Å². The number of rotatable bonds is 6. The highest BCUT2D eigenvalue weighted by Crippen LogP contribution is 2.25. The van der Waals surface area contributed by atoms with Crippen molar-refractivity contribution in [3.8, 4) is 0 Å². The van der Waals surface area contributed by atoms with E-state index in [1.165, 1.54) is 6.20 Å². The van der Waals surface area contributed by atoms with E-state index >= 15 is 0 Å². The molecule has 0 saturated heterocycles. The highest BCUT2D eigenvalue weighted by molar-refractivity contribution is 7.18.